The molecule has 138 valence electrons. The van der Waals surface area contributed by atoms with Gasteiger partial charge >= 0.3 is 0 Å². The van der Waals surface area contributed by atoms with Crippen molar-refractivity contribution in [3.63, 3.8) is 0 Å². The van der Waals surface area contributed by atoms with Crippen molar-refractivity contribution in [1.29, 1.82) is 0 Å². The summed E-state index contributed by atoms with van der Waals surface area (Å²) in [5.74, 6) is 0.934. The van der Waals surface area contributed by atoms with Gasteiger partial charge in [0.1, 0.15) is 23.6 Å². The molecule has 1 aromatic heterocycles. The molecule has 1 amide bonds. The Hall–Kier alpha value is -2.34. The predicted octanol–water partition coefficient (Wildman–Crippen LogP) is 4.53. The lowest BCUT2D eigenvalue weighted by atomic mass is 10.1. The number of amides is 1. The molecule has 0 aliphatic heterocycles. The van der Waals surface area contributed by atoms with Crippen molar-refractivity contribution >= 4 is 29.0 Å². The zero-order valence-electron chi connectivity index (χ0n) is 14.8. The molecule has 1 aliphatic carbocycles. The Morgan fingerprint density at radius 1 is 1.15 bits per heavy atom. The second kappa shape index (κ2) is 8.85. The van der Waals surface area contributed by atoms with Gasteiger partial charge in [0.15, 0.2) is 0 Å². The van der Waals surface area contributed by atoms with Crippen LogP contribution < -0.4 is 15.4 Å². The summed E-state index contributed by atoms with van der Waals surface area (Å²) in [7, 11) is 1.54. The number of ether oxygens (including phenoxy) is 1. The molecule has 6 nitrogen and oxygen atoms in total. The van der Waals surface area contributed by atoms with Crippen LogP contribution in [0.2, 0.25) is 5.02 Å². The van der Waals surface area contributed by atoms with E-state index in [-0.39, 0.29) is 5.91 Å². The van der Waals surface area contributed by atoms with Crippen LogP contribution in [0, 0.1) is 0 Å². The summed E-state index contributed by atoms with van der Waals surface area (Å²) in [6.45, 7) is 0. The van der Waals surface area contributed by atoms with Crippen molar-refractivity contribution in [3.8, 4) is 5.75 Å². The lowest BCUT2D eigenvalue weighted by Crippen LogP contribution is -2.20. The highest BCUT2D eigenvalue weighted by Crippen LogP contribution is 2.27. The maximum atomic E-state index is 12.5. The van der Waals surface area contributed by atoms with E-state index in [2.05, 4.69) is 20.6 Å². The third-order valence-corrected chi connectivity index (χ3v) is 4.81. The van der Waals surface area contributed by atoms with E-state index in [1.165, 1.54) is 32.0 Å². The molecular weight excluding hydrogens is 352 g/mol. The standard InChI is InChI=1S/C19H23ClN4O2/c1-26-17-9-8-14(10-15(17)20)24-19(25)16-11-18(22-12-21-16)23-13-6-4-2-3-5-7-13/h8-13H,2-7H2,1H3,(H,24,25)(H,21,22,23). The van der Waals surface area contributed by atoms with E-state index in [1.807, 2.05) is 0 Å². The number of anilines is 2. The quantitative estimate of drug-likeness (QED) is 0.752. The van der Waals surface area contributed by atoms with Crippen LogP contribution >= 0.6 is 11.6 Å². The first-order valence-corrected chi connectivity index (χ1v) is 9.27. The summed E-state index contributed by atoms with van der Waals surface area (Å²) >= 11 is 6.09. The molecule has 1 aliphatic rings. The lowest BCUT2D eigenvalue weighted by molar-refractivity contribution is 0.102. The first-order chi connectivity index (χ1) is 12.7. The summed E-state index contributed by atoms with van der Waals surface area (Å²) < 4.78 is 5.11. The van der Waals surface area contributed by atoms with E-state index >= 15 is 0 Å². The van der Waals surface area contributed by atoms with Gasteiger partial charge in [0.25, 0.3) is 5.91 Å². The van der Waals surface area contributed by atoms with Gasteiger partial charge < -0.3 is 15.4 Å². The zero-order chi connectivity index (χ0) is 18.4. The molecule has 1 aromatic carbocycles. The topological polar surface area (TPSA) is 76.1 Å². The van der Waals surface area contributed by atoms with Crippen LogP contribution in [-0.2, 0) is 0 Å². The lowest BCUT2D eigenvalue weighted by Gasteiger charge is -2.17. The minimum Gasteiger partial charge on any atom is -0.495 e. The minimum atomic E-state index is -0.308. The van der Waals surface area contributed by atoms with Crippen molar-refractivity contribution in [2.24, 2.45) is 0 Å². The van der Waals surface area contributed by atoms with Crippen LogP contribution in [0.4, 0.5) is 11.5 Å². The molecule has 0 unspecified atom stereocenters. The minimum absolute atomic E-state index is 0.308. The fourth-order valence-corrected chi connectivity index (χ4v) is 3.39. The van der Waals surface area contributed by atoms with Gasteiger partial charge in [-0.1, -0.05) is 37.3 Å². The van der Waals surface area contributed by atoms with Gasteiger partial charge in [0.05, 0.1) is 12.1 Å². The molecular formula is C19H23ClN4O2. The number of aromatic nitrogens is 2. The number of nitrogens with zero attached hydrogens (tertiary/aromatic N) is 2. The van der Waals surface area contributed by atoms with Crippen LogP contribution in [0.15, 0.2) is 30.6 Å². The summed E-state index contributed by atoms with van der Waals surface area (Å²) in [5, 5.41) is 6.66. The number of hydrogen-bond donors (Lipinski definition) is 2. The Kier molecular flexibility index (Phi) is 6.28. The normalized spacial score (nSPS) is 15.2. The fraction of sp³-hybridized carbons (Fsp3) is 0.421. The van der Waals surface area contributed by atoms with E-state index in [0.717, 1.165) is 12.8 Å². The number of carbonyl (C=O) groups excluding carboxylic acids is 1. The van der Waals surface area contributed by atoms with Crippen LogP contribution in [0.1, 0.15) is 49.0 Å². The van der Waals surface area contributed by atoms with Crippen molar-refractivity contribution < 1.29 is 9.53 Å². The van der Waals surface area contributed by atoms with E-state index in [1.54, 1.807) is 31.4 Å². The third kappa shape index (κ3) is 4.85. The van der Waals surface area contributed by atoms with Gasteiger partial charge in [-0.25, -0.2) is 9.97 Å². The largest absolute Gasteiger partial charge is 0.495 e. The Labute approximate surface area is 158 Å². The van der Waals surface area contributed by atoms with Crippen molar-refractivity contribution in [1.82, 2.24) is 9.97 Å². The van der Waals surface area contributed by atoms with E-state index in [0.29, 0.717) is 34.0 Å². The highest BCUT2D eigenvalue weighted by atomic mass is 35.5. The van der Waals surface area contributed by atoms with Gasteiger partial charge in [0, 0.05) is 17.8 Å². The molecule has 2 N–H and O–H groups in total. The Bertz CT molecular complexity index is 761. The highest BCUT2D eigenvalue weighted by molar-refractivity contribution is 6.32. The number of nitrogens with one attached hydrogen (secondary N) is 2. The Morgan fingerprint density at radius 2 is 1.92 bits per heavy atom. The number of benzene rings is 1. The molecule has 0 atom stereocenters. The van der Waals surface area contributed by atoms with E-state index in [9.17, 15) is 4.79 Å². The molecule has 7 heteroatoms. The number of rotatable bonds is 5. The Balaban J connectivity index is 1.66. The predicted molar refractivity (Wildman–Crippen MR) is 103 cm³/mol. The Morgan fingerprint density at radius 3 is 2.62 bits per heavy atom. The molecule has 0 spiro atoms. The van der Waals surface area contributed by atoms with Gasteiger partial charge in [-0.2, -0.15) is 0 Å². The van der Waals surface area contributed by atoms with E-state index < -0.39 is 0 Å². The molecule has 2 aromatic rings. The molecule has 26 heavy (non-hydrogen) atoms. The van der Waals surface area contributed by atoms with Crippen LogP contribution in [0.3, 0.4) is 0 Å². The van der Waals surface area contributed by atoms with Crippen LogP contribution in [0.5, 0.6) is 5.75 Å². The molecule has 1 heterocycles. The third-order valence-electron chi connectivity index (χ3n) is 4.52. The fourth-order valence-electron chi connectivity index (χ4n) is 3.13. The first kappa shape index (κ1) is 18.5. The smallest absolute Gasteiger partial charge is 0.274 e. The number of halogens is 1. The monoisotopic (exact) mass is 374 g/mol. The molecule has 3 rings (SSSR count). The first-order valence-electron chi connectivity index (χ1n) is 8.89. The maximum Gasteiger partial charge on any atom is 0.274 e. The molecule has 0 saturated heterocycles. The van der Waals surface area contributed by atoms with E-state index in [4.69, 9.17) is 16.3 Å². The highest BCUT2D eigenvalue weighted by Gasteiger charge is 2.15. The second-order valence-corrected chi connectivity index (χ2v) is 6.83. The maximum absolute atomic E-state index is 12.5. The molecule has 0 radical (unpaired) electrons. The molecule has 1 saturated carbocycles. The van der Waals surface area contributed by atoms with Crippen molar-refractivity contribution in [3.05, 3.63) is 41.3 Å². The summed E-state index contributed by atoms with van der Waals surface area (Å²) in [6.07, 6.45) is 8.73. The summed E-state index contributed by atoms with van der Waals surface area (Å²) in [4.78, 5) is 20.8. The van der Waals surface area contributed by atoms with Gasteiger partial charge in [-0.05, 0) is 31.0 Å². The number of methoxy groups -OCH3 is 1. The number of hydrogen-bond acceptors (Lipinski definition) is 5. The second-order valence-electron chi connectivity index (χ2n) is 6.42. The average Bonchev–Trinajstić information content (AvgIpc) is 2.91. The SMILES string of the molecule is COc1ccc(NC(=O)c2cc(NC3CCCCCC3)ncn2)cc1Cl. The van der Waals surface area contributed by atoms with Crippen LogP contribution in [-0.4, -0.2) is 29.0 Å². The van der Waals surface area contributed by atoms with Crippen LogP contribution in [0.25, 0.3) is 0 Å². The summed E-state index contributed by atoms with van der Waals surface area (Å²) in [5.41, 5.74) is 0.890. The van der Waals surface area contributed by atoms with Crippen molar-refractivity contribution in [2.45, 2.75) is 44.6 Å². The zero-order valence-corrected chi connectivity index (χ0v) is 15.6. The molecule has 1 fully saturated rings. The molecule has 0 bridgehead atoms. The average molecular weight is 375 g/mol. The van der Waals surface area contributed by atoms with Gasteiger partial charge in [-0.3, -0.25) is 4.79 Å². The van der Waals surface area contributed by atoms with Gasteiger partial charge in [-0.15, -0.1) is 0 Å². The summed E-state index contributed by atoms with van der Waals surface area (Å²) in [6, 6.07) is 7.17. The van der Waals surface area contributed by atoms with Gasteiger partial charge in [0.2, 0.25) is 0 Å². The number of carbonyl (C=O) groups is 1. The van der Waals surface area contributed by atoms with Crippen molar-refractivity contribution in [2.75, 3.05) is 17.7 Å².